The number of carbonyl (C=O) groups excluding carboxylic acids is 1. The van der Waals surface area contributed by atoms with Crippen molar-refractivity contribution in [3.8, 4) is 11.6 Å². The second-order valence-corrected chi connectivity index (χ2v) is 7.99. The summed E-state index contributed by atoms with van der Waals surface area (Å²) in [5.41, 5.74) is 2.04. The summed E-state index contributed by atoms with van der Waals surface area (Å²) in [7, 11) is 0. The number of pyridine rings is 1. The van der Waals surface area contributed by atoms with E-state index >= 15 is 0 Å². The van der Waals surface area contributed by atoms with Gasteiger partial charge in [0.2, 0.25) is 5.91 Å². The Kier molecular flexibility index (Phi) is 4.03. The van der Waals surface area contributed by atoms with E-state index in [4.69, 9.17) is 4.42 Å². The van der Waals surface area contributed by atoms with Crippen molar-refractivity contribution in [3.05, 3.63) is 36.4 Å². The van der Waals surface area contributed by atoms with Crippen LogP contribution in [-0.2, 0) is 4.79 Å². The van der Waals surface area contributed by atoms with Crippen LogP contribution in [-0.4, -0.2) is 45.1 Å². The van der Waals surface area contributed by atoms with Crippen LogP contribution in [0, 0.1) is 5.41 Å². The summed E-state index contributed by atoms with van der Waals surface area (Å²) >= 11 is 0. The van der Waals surface area contributed by atoms with E-state index in [-0.39, 0.29) is 11.9 Å². The molecule has 7 nitrogen and oxygen atoms in total. The van der Waals surface area contributed by atoms with Crippen molar-refractivity contribution >= 4 is 22.8 Å². The molecule has 1 atom stereocenters. The highest BCUT2D eigenvalue weighted by molar-refractivity contribution is 5.84. The lowest BCUT2D eigenvalue weighted by atomic mass is 9.93. The van der Waals surface area contributed by atoms with Crippen molar-refractivity contribution in [2.24, 2.45) is 5.41 Å². The fourth-order valence-electron chi connectivity index (χ4n) is 3.97. The molecule has 1 aliphatic carbocycles. The molecule has 0 radical (unpaired) electrons. The fourth-order valence-corrected chi connectivity index (χ4v) is 3.97. The molecule has 3 aromatic rings. The minimum atomic E-state index is -0.411. The Labute approximate surface area is 163 Å². The molecule has 1 aromatic carbocycles. The smallest absolute Gasteiger partial charge is 0.316 e. The van der Waals surface area contributed by atoms with Crippen LogP contribution in [0.4, 0.5) is 6.01 Å². The van der Waals surface area contributed by atoms with E-state index in [1.165, 1.54) is 12.8 Å². The van der Waals surface area contributed by atoms with Crippen molar-refractivity contribution < 1.29 is 9.21 Å². The Morgan fingerprint density at radius 3 is 2.68 bits per heavy atom. The molecule has 1 N–H and O–H groups in total. The van der Waals surface area contributed by atoms with Crippen molar-refractivity contribution in [2.45, 2.75) is 38.6 Å². The topological polar surface area (TPSA) is 84.1 Å². The highest BCUT2D eigenvalue weighted by atomic mass is 16.4. The van der Waals surface area contributed by atoms with Gasteiger partial charge in [0, 0.05) is 18.5 Å². The number of benzene rings is 1. The monoisotopic (exact) mass is 377 g/mol. The molecule has 2 aliphatic rings. The third kappa shape index (κ3) is 3.21. The van der Waals surface area contributed by atoms with Crippen LogP contribution in [0.5, 0.6) is 0 Å². The van der Waals surface area contributed by atoms with E-state index in [1.807, 2.05) is 48.2 Å². The standard InChI is InChI=1S/C21H23N5O2/c1-14(19(27)26-12-10-21(8-9-21)11-13-26)22-20-25-24-18(28-20)17-7-6-15-4-2-3-5-16(15)23-17/h2-7,14H,8-13H2,1H3,(H,22,25)/t14-/m1/s1. The predicted molar refractivity (Wildman–Crippen MR) is 106 cm³/mol. The van der Waals surface area contributed by atoms with Crippen LogP contribution in [0.15, 0.2) is 40.8 Å². The number of hydrogen-bond acceptors (Lipinski definition) is 6. The van der Waals surface area contributed by atoms with Gasteiger partial charge >= 0.3 is 6.01 Å². The largest absolute Gasteiger partial charge is 0.402 e. The molecule has 2 fully saturated rings. The number of rotatable bonds is 4. The Morgan fingerprint density at radius 2 is 1.89 bits per heavy atom. The zero-order valence-corrected chi connectivity index (χ0v) is 15.9. The van der Waals surface area contributed by atoms with E-state index < -0.39 is 6.04 Å². The number of hydrogen-bond donors (Lipinski definition) is 1. The number of fused-ring (bicyclic) bond motifs is 1. The van der Waals surface area contributed by atoms with Gasteiger partial charge in [0.05, 0.1) is 5.52 Å². The molecule has 1 saturated carbocycles. The number of aromatic nitrogens is 3. The van der Waals surface area contributed by atoms with Crippen LogP contribution >= 0.6 is 0 Å². The Bertz CT molecular complexity index is 1020. The first-order valence-electron chi connectivity index (χ1n) is 9.87. The van der Waals surface area contributed by atoms with Gasteiger partial charge in [-0.1, -0.05) is 29.4 Å². The number of anilines is 1. The van der Waals surface area contributed by atoms with Crippen LogP contribution in [0.3, 0.4) is 0 Å². The third-order valence-corrected chi connectivity index (χ3v) is 6.05. The molecule has 1 saturated heterocycles. The molecular formula is C21H23N5O2. The number of amides is 1. The third-order valence-electron chi connectivity index (χ3n) is 6.05. The van der Waals surface area contributed by atoms with Gasteiger partial charge in [-0.25, -0.2) is 4.98 Å². The summed E-state index contributed by atoms with van der Waals surface area (Å²) in [6, 6.07) is 11.5. The molecule has 7 heteroatoms. The van der Waals surface area contributed by atoms with Crippen molar-refractivity contribution in [1.82, 2.24) is 20.1 Å². The maximum absolute atomic E-state index is 12.7. The Balaban J connectivity index is 1.25. The molecule has 2 aromatic heterocycles. The van der Waals surface area contributed by atoms with Gasteiger partial charge in [-0.2, -0.15) is 0 Å². The SMILES string of the molecule is C[C@@H](Nc1nnc(-c2ccc3ccccc3n2)o1)C(=O)N1CCC2(CC1)CC2. The van der Waals surface area contributed by atoms with Crippen LogP contribution in [0.1, 0.15) is 32.6 Å². The number of carbonyl (C=O) groups is 1. The minimum absolute atomic E-state index is 0.0825. The van der Waals surface area contributed by atoms with Crippen LogP contribution in [0.25, 0.3) is 22.5 Å². The highest BCUT2D eigenvalue weighted by Gasteiger charge is 2.45. The zero-order chi connectivity index (χ0) is 19.1. The molecule has 3 heterocycles. The summed E-state index contributed by atoms with van der Waals surface area (Å²) in [6.07, 6.45) is 4.92. The molecule has 1 aliphatic heterocycles. The van der Waals surface area contributed by atoms with E-state index in [0.717, 1.165) is 36.8 Å². The fraction of sp³-hybridized carbons (Fsp3) is 0.429. The Morgan fingerprint density at radius 1 is 1.11 bits per heavy atom. The van der Waals surface area contributed by atoms with Gasteiger partial charge in [0.25, 0.3) is 5.89 Å². The van der Waals surface area contributed by atoms with Gasteiger partial charge in [-0.05, 0) is 50.2 Å². The first-order valence-corrected chi connectivity index (χ1v) is 9.87. The number of piperidine rings is 1. The second-order valence-electron chi connectivity index (χ2n) is 7.99. The first kappa shape index (κ1) is 17.2. The molecule has 1 spiro atoms. The average Bonchev–Trinajstić information content (AvgIpc) is 3.31. The van der Waals surface area contributed by atoms with Gasteiger partial charge in [-0.15, -0.1) is 5.10 Å². The molecular weight excluding hydrogens is 354 g/mol. The minimum Gasteiger partial charge on any atom is -0.402 e. The van der Waals surface area contributed by atoms with Gasteiger partial charge < -0.3 is 14.6 Å². The maximum atomic E-state index is 12.7. The molecule has 28 heavy (non-hydrogen) atoms. The van der Waals surface area contributed by atoms with E-state index in [1.54, 1.807) is 0 Å². The number of nitrogens with one attached hydrogen (secondary N) is 1. The van der Waals surface area contributed by atoms with E-state index in [2.05, 4.69) is 20.5 Å². The van der Waals surface area contributed by atoms with Crippen molar-refractivity contribution in [3.63, 3.8) is 0 Å². The maximum Gasteiger partial charge on any atom is 0.316 e. The van der Waals surface area contributed by atoms with Crippen molar-refractivity contribution in [1.29, 1.82) is 0 Å². The van der Waals surface area contributed by atoms with Gasteiger partial charge in [0.15, 0.2) is 0 Å². The zero-order valence-electron chi connectivity index (χ0n) is 15.9. The molecule has 5 rings (SSSR count). The number of para-hydroxylation sites is 1. The average molecular weight is 377 g/mol. The van der Waals surface area contributed by atoms with E-state index in [9.17, 15) is 4.79 Å². The predicted octanol–water partition coefficient (Wildman–Crippen LogP) is 3.49. The quantitative estimate of drug-likeness (QED) is 0.749. The summed E-state index contributed by atoms with van der Waals surface area (Å²) in [6.45, 7) is 3.53. The molecule has 0 bridgehead atoms. The second kappa shape index (κ2) is 6.58. The summed E-state index contributed by atoms with van der Waals surface area (Å²) in [5.74, 6) is 0.417. The molecule has 0 unspecified atom stereocenters. The van der Waals surface area contributed by atoms with Crippen molar-refractivity contribution in [2.75, 3.05) is 18.4 Å². The lowest BCUT2D eigenvalue weighted by molar-refractivity contribution is -0.133. The number of likely N-dealkylation sites (tertiary alicyclic amines) is 1. The lowest BCUT2D eigenvalue weighted by Crippen LogP contribution is -2.45. The molecule has 1 amide bonds. The Hall–Kier alpha value is -2.96. The summed E-state index contributed by atoms with van der Waals surface area (Å²) in [5, 5.41) is 12.2. The number of nitrogens with zero attached hydrogens (tertiary/aromatic N) is 4. The normalized spacial score (nSPS) is 19.0. The van der Waals surface area contributed by atoms with Gasteiger partial charge in [0.1, 0.15) is 11.7 Å². The van der Waals surface area contributed by atoms with Crippen LogP contribution in [0.2, 0.25) is 0 Å². The molecule has 144 valence electrons. The van der Waals surface area contributed by atoms with Gasteiger partial charge in [-0.3, -0.25) is 4.79 Å². The van der Waals surface area contributed by atoms with Crippen LogP contribution < -0.4 is 5.32 Å². The highest BCUT2D eigenvalue weighted by Crippen LogP contribution is 2.53. The lowest BCUT2D eigenvalue weighted by Gasteiger charge is -2.33. The summed E-state index contributed by atoms with van der Waals surface area (Å²) < 4.78 is 5.70. The summed E-state index contributed by atoms with van der Waals surface area (Å²) in [4.78, 5) is 19.2. The first-order chi connectivity index (χ1) is 13.6. The van der Waals surface area contributed by atoms with E-state index in [0.29, 0.717) is 17.0 Å².